The maximum atomic E-state index is 13.3. The van der Waals surface area contributed by atoms with E-state index < -0.39 is 11.6 Å². The Morgan fingerprint density at radius 2 is 1.71 bits per heavy atom. The van der Waals surface area contributed by atoms with Crippen LogP contribution in [0.1, 0.15) is 34.3 Å². The average molecular weight is 475 g/mol. The van der Waals surface area contributed by atoms with Crippen LogP contribution in [0.25, 0.3) is 11.1 Å². The van der Waals surface area contributed by atoms with Crippen molar-refractivity contribution in [1.82, 2.24) is 4.90 Å². The first-order valence-corrected chi connectivity index (χ1v) is 11.7. The number of carboxylic acid groups (broad SMARTS) is 1. The average Bonchev–Trinajstić information content (AvgIpc) is 3.17. The molecule has 2 aliphatic rings. The third-order valence-corrected chi connectivity index (χ3v) is 7.02. The molecule has 0 aromatic heterocycles. The molecule has 0 saturated carbocycles. The Bertz CT molecular complexity index is 1250. The SMILES string of the molecule is Cc1cc(CN2CCC3(CC2)CN(c2ccc(C(=O)O)cc2)C(=O)O3)ccc1-c1ccc(F)cc1. The van der Waals surface area contributed by atoms with E-state index in [2.05, 4.69) is 30.0 Å². The second kappa shape index (κ2) is 9.15. The van der Waals surface area contributed by atoms with Crippen LogP contribution in [0.5, 0.6) is 0 Å². The van der Waals surface area contributed by atoms with Gasteiger partial charge in [0.2, 0.25) is 0 Å². The Morgan fingerprint density at radius 1 is 1.03 bits per heavy atom. The molecule has 0 atom stereocenters. The van der Waals surface area contributed by atoms with Crippen LogP contribution < -0.4 is 4.90 Å². The number of benzene rings is 3. The summed E-state index contributed by atoms with van der Waals surface area (Å²) in [5, 5.41) is 9.09. The molecule has 180 valence electrons. The molecule has 35 heavy (non-hydrogen) atoms. The number of hydrogen-bond donors (Lipinski definition) is 1. The van der Waals surface area contributed by atoms with Crippen LogP contribution in [0.2, 0.25) is 0 Å². The number of rotatable bonds is 5. The van der Waals surface area contributed by atoms with Gasteiger partial charge in [-0.15, -0.1) is 0 Å². The van der Waals surface area contributed by atoms with Gasteiger partial charge < -0.3 is 9.84 Å². The van der Waals surface area contributed by atoms with Crippen LogP contribution in [0.3, 0.4) is 0 Å². The highest BCUT2D eigenvalue weighted by molar-refractivity contribution is 5.92. The summed E-state index contributed by atoms with van der Waals surface area (Å²) in [5.74, 6) is -1.23. The summed E-state index contributed by atoms with van der Waals surface area (Å²) in [5.41, 5.74) is 4.79. The first-order valence-electron chi connectivity index (χ1n) is 11.7. The third kappa shape index (κ3) is 4.77. The Labute approximate surface area is 203 Å². The van der Waals surface area contributed by atoms with Crippen molar-refractivity contribution in [1.29, 1.82) is 0 Å². The fourth-order valence-electron chi connectivity index (χ4n) is 5.02. The number of hydrogen-bond acceptors (Lipinski definition) is 4. The first-order chi connectivity index (χ1) is 16.8. The van der Waals surface area contributed by atoms with E-state index in [-0.39, 0.29) is 17.5 Å². The zero-order chi connectivity index (χ0) is 24.6. The summed E-state index contributed by atoms with van der Waals surface area (Å²) in [6, 6.07) is 19.3. The molecular weight excluding hydrogens is 447 g/mol. The third-order valence-electron chi connectivity index (χ3n) is 7.02. The van der Waals surface area contributed by atoms with Crippen LogP contribution in [0.15, 0.2) is 66.7 Å². The van der Waals surface area contributed by atoms with Gasteiger partial charge in [-0.2, -0.15) is 0 Å². The van der Waals surface area contributed by atoms with Gasteiger partial charge in [0.25, 0.3) is 0 Å². The molecular formula is C28H27FN2O4. The molecule has 5 rings (SSSR count). The smallest absolute Gasteiger partial charge is 0.415 e. The van der Waals surface area contributed by atoms with Crippen LogP contribution in [-0.4, -0.2) is 47.3 Å². The summed E-state index contributed by atoms with van der Waals surface area (Å²) in [6.07, 6.45) is 1.11. The van der Waals surface area contributed by atoms with E-state index >= 15 is 0 Å². The van der Waals surface area contributed by atoms with E-state index in [1.54, 1.807) is 29.2 Å². The Morgan fingerprint density at radius 3 is 2.34 bits per heavy atom. The fraction of sp³-hybridized carbons (Fsp3) is 0.286. The zero-order valence-electron chi connectivity index (χ0n) is 19.5. The van der Waals surface area contributed by atoms with Crippen molar-refractivity contribution in [3.05, 3.63) is 89.2 Å². The number of piperidine rings is 1. The molecule has 2 heterocycles. The highest BCUT2D eigenvalue weighted by Crippen LogP contribution is 2.36. The van der Waals surface area contributed by atoms with Gasteiger partial charge in [0.05, 0.1) is 12.1 Å². The molecule has 1 N–H and O–H groups in total. The minimum Gasteiger partial charge on any atom is -0.478 e. The standard InChI is InChI=1S/C28H27FN2O4/c1-19-16-20(2-11-25(19)21-3-7-23(29)8-4-21)17-30-14-12-28(13-15-30)18-31(27(34)35-28)24-9-5-22(6-10-24)26(32)33/h2-11,16H,12-15,17-18H2,1H3,(H,32,33). The van der Waals surface area contributed by atoms with Gasteiger partial charge in [-0.1, -0.05) is 30.3 Å². The molecule has 3 aromatic carbocycles. The van der Waals surface area contributed by atoms with E-state index in [9.17, 15) is 14.0 Å². The van der Waals surface area contributed by atoms with Gasteiger partial charge in [0.1, 0.15) is 11.4 Å². The molecule has 0 bridgehead atoms. The van der Waals surface area contributed by atoms with Crippen molar-refractivity contribution < 1.29 is 23.8 Å². The van der Waals surface area contributed by atoms with Crippen molar-refractivity contribution in [2.24, 2.45) is 0 Å². The van der Waals surface area contributed by atoms with Gasteiger partial charge in [0.15, 0.2) is 0 Å². The van der Waals surface area contributed by atoms with Crippen molar-refractivity contribution in [2.45, 2.75) is 31.9 Å². The van der Waals surface area contributed by atoms with Crippen LogP contribution in [-0.2, 0) is 11.3 Å². The number of amides is 1. The number of ether oxygens (including phenoxy) is 1. The zero-order valence-corrected chi connectivity index (χ0v) is 19.5. The lowest BCUT2D eigenvalue weighted by Crippen LogP contribution is -2.46. The summed E-state index contributed by atoms with van der Waals surface area (Å²) in [6.45, 7) is 4.99. The van der Waals surface area contributed by atoms with Crippen LogP contribution in [0, 0.1) is 12.7 Å². The number of halogens is 1. The van der Waals surface area contributed by atoms with E-state index in [1.165, 1.54) is 29.8 Å². The molecule has 6 nitrogen and oxygen atoms in total. The molecule has 2 aliphatic heterocycles. The van der Waals surface area contributed by atoms with Gasteiger partial charge in [0, 0.05) is 38.2 Å². The molecule has 1 spiro atoms. The van der Waals surface area contributed by atoms with Crippen molar-refractivity contribution in [3.63, 3.8) is 0 Å². The van der Waals surface area contributed by atoms with E-state index in [4.69, 9.17) is 9.84 Å². The van der Waals surface area contributed by atoms with Gasteiger partial charge in [-0.05, 0) is 65.6 Å². The molecule has 0 aliphatic carbocycles. The largest absolute Gasteiger partial charge is 0.478 e. The lowest BCUT2D eigenvalue weighted by molar-refractivity contribution is -0.000982. The summed E-state index contributed by atoms with van der Waals surface area (Å²) < 4.78 is 19.1. The number of nitrogens with zero attached hydrogens (tertiary/aromatic N) is 2. The Balaban J connectivity index is 1.20. The highest BCUT2D eigenvalue weighted by Gasteiger charge is 2.47. The van der Waals surface area contributed by atoms with Crippen LogP contribution in [0.4, 0.5) is 14.9 Å². The van der Waals surface area contributed by atoms with Crippen molar-refractivity contribution >= 4 is 17.7 Å². The molecule has 0 radical (unpaired) electrons. The number of carbonyl (C=O) groups excluding carboxylic acids is 1. The fourth-order valence-corrected chi connectivity index (χ4v) is 5.02. The van der Waals surface area contributed by atoms with Gasteiger partial charge >= 0.3 is 12.1 Å². The first kappa shape index (κ1) is 23.1. The second-order valence-electron chi connectivity index (χ2n) is 9.42. The maximum Gasteiger partial charge on any atom is 0.415 e. The van der Waals surface area contributed by atoms with Gasteiger partial charge in [-0.25, -0.2) is 14.0 Å². The maximum absolute atomic E-state index is 13.3. The number of aryl methyl sites for hydroxylation is 1. The summed E-state index contributed by atoms with van der Waals surface area (Å²) in [4.78, 5) is 27.7. The van der Waals surface area contributed by atoms with Gasteiger partial charge in [-0.3, -0.25) is 9.80 Å². The van der Waals surface area contributed by atoms with E-state index in [0.29, 0.717) is 12.2 Å². The minimum atomic E-state index is -0.996. The van der Waals surface area contributed by atoms with Crippen molar-refractivity contribution in [2.75, 3.05) is 24.5 Å². The normalized spacial score (nSPS) is 17.5. The van der Waals surface area contributed by atoms with E-state index in [1.807, 2.05) is 0 Å². The number of carbonyl (C=O) groups is 2. The minimum absolute atomic E-state index is 0.185. The molecule has 3 aromatic rings. The molecule has 2 saturated heterocycles. The number of anilines is 1. The predicted molar refractivity (Wildman–Crippen MR) is 131 cm³/mol. The molecule has 2 fully saturated rings. The number of carboxylic acids is 1. The quantitative estimate of drug-likeness (QED) is 0.530. The predicted octanol–water partition coefficient (Wildman–Crippen LogP) is 5.49. The van der Waals surface area contributed by atoms with Crippen molar-refractivity contribution in [3.8, 4) is 11.1 Å². The molecule has 1 amide bonds. The molecule has 0 unspecified atom stereocenters. The lowest BCUT2D eigenvalue weighted by atomic mass is 9.90. The topological polar surface area (TPSA) is 70.1 Å². The summed E-state index contributed by atoms with van der Waals surface area (Å²) in [7, 11) is 0. The Hall–Kier alpha value is -3.71. The Kier molecular flexibility index (Phi) is 6.03. The highest BCUT2D eigenvalue weighted by atomic mass is 19.1. The molecule has 7 heteroatoms. The number of likely N-dealkylation sites (tertiary alicyclic amines) is 1. The second-order valence-corrected chi connectivity index (χ2v) is 9.42. The lowest BCUT2D eigenvalue weighted by Gasteiger charge is -2.37. The monoisotopic (exact) mass is 474 g/mol. The van der Waals surface area contributed by atoms with E-state index in [0.717, 1.165) is 49.2 Å². The number of aromatic carboxylic acids is 1. The summed E-state index contributed by atoms with van der Waals surface area (Å²) >= 11 is 0. The van der Waals surface area contributed by atoms with Crippen LogP contribution >= 0.6 is 0 Å².